The van der Waals surface area contributed by atoms with Gasteiger partial charge in [0, 0.05) is 31.3 Å². The molecule has 3 heterocycles. The number of hydrogen-bond acceptors (Lipinski definition) is 4. The largest absolute Gasteiger partial charge is 0.355 e. The van der Waals surface area contributed by atoms with Crippen molar-refractivity contribution in [1.29, 1.82) is 0 Å². The lowest BCUT2D eigenvalue weighted by Crippen LogP contribution is -2.44. The molecule has 25 heavy (non-hydrogen) atoms. The van der Waals surface area contributed by atoms with Gasteiger partial charge in [-0.15, -0.1) is 12.4 Å². The van der Waals surface area contributed by atoms with Gasteiger partial charge in [-0.2, -0.15) is 0 Å². The van der Waals surface area contributed by atoms with E-state index in [4.69, 9.17) is 16.1 Å². The van der Waals surface area contributed by atoms with Crippen molar-refractivity contribution in [2.24, 2.45) is 5.41 Å². The highest BCUT2D eigenvalue weighted by atomic mass is 35.5. The molecule has 2 aliphatic heterocycles. The lowest BCUT2D eigenvalue weighted by Gasteiger charge is -2.38. The second-order valence-corrected chi connectivity index (χ2v) is 7.18. The van der Waals surface area contributed by atoms with E-state index in [0.717, 1.165) is 44.6 Å². The number of likely N-dealkylation sites (tertiary alicyclic amines) is 1. The molecule has 1 N–H and O–H groups in total. The fourth-order valence-corrected chi connectivity index (χ4v) is 3.96. The van der Waals surface area contributed by atoms with Gasteiger partial charge in [0.15, 0.2) is 11.5 Å². The van der Waals surface area contributed by atoms with Crippen LogP contribution < -0.4 is 5.32 Å². The SMILES string of the molecule is Cl.O=C(c1cc(-c2ccccc2Cl)on1)N1CCC2(CCNC2)CC1. The number of halogens is 2. The first-order valence-electron chi connectivity index (χ1n) is 8.39. The zero-order valence-electron chi connectivity index (χ0n) is 13.8. The number of carbonyl (C=O) groups is 1. The fraction of sp³-hybridized carbons (Fsp3) is 0.444. The van der Waals surface area contributed by atoms with Crippen LogP contribution in [0.15, 0.2) is 34.9 Å². The lowest BCUT2D eigenvalue weighted by molar-refractivity contribution is 0.0598. The number of aromatic nitrogens is 1. The molecule has 1 amide bonds. The molecule has 0 aliphatic carbocycles. The van der Waals surface area contributed by atoms with E-state index in [-0.39, 0.29) is 18.3 Å². The summed E-state index contributed by atoms with van der Waals surface area (Å²) in [5.41, 5.74) is 1.49. The van der Waals surface area contributed by atoms with Gasteiger partial charge in [0.25, 0.3) is 5.91 Å². The van der Waals surface area contributed by atoms with Crippen LogP contribution in [0.2, 0.25) is 5.02 Å². The molecule has 0 atom stereocenters. The highest BCUT2D eigenvalue weighted by Gasteiger charge is 2.38. The van der Waals surface area contributed by atoms with Crippen LogP contribution in [0, 0.1) is 5.41 Å². The zero-order valence-corrected chi connectivity index (χ0v) is 15.4. The second-order valence-electron chi connectivity index (χ2n) is 6.78. The van der Waals surface area contributed by atoms with E-state index in [1.165, 1.54) is 6.42 Å². The molecular formula is C18H21Cl2N3O2. The monoisotopic (exact) mass is 381 g/mol. The molecule has 2 aliphatic rings. The van der Waals surface area contributed by atoms with Crippen LogP contribution in [0.25, 0.3) is 11.3 Å². The van der Waals surface area contributed by atoms with Crippen molar-refractivity contribution in [3.8, 4) is 11.3 Å². The van der Waals surface area contributed by atoms with Crippen molar-refractivity contribution in [1.82, 2.24) is 15.4 Å². The molecule has 2 fully saturated rings. The summed E-state index contributed by atoms with van der Waals surface area (Å²) in [5, 5.41) is 7.99. The maximum atomic E-state index is 12.7. The van der Waals surface area contributed by atoms with Crippen molar-refractivity contribution < 1.29 is 9.32 Å². The van der Waals surface area contributed by atoms with E-state index >= 15 is 0 Å². The Labute approximate surface area is 158 Å². The van der Waals surface area contributed by atoms with Gasteiger partial charge in [0.2, 0.25) is 0 Å². The van der Waals surface area contributed by atoms with Crippen LogP contribution in [0.4, 0.5) is 0 Å². The van der Waals surface area contributed by atoms with Crippen molar-refractivity contribution in [3.05, 3.63) is 41.0 Å². The minimum absolute atomic E-state index is 0. The van der Waals surface area contributed by atoms with Crippen LogP contribution in [0.1, 0.15) is 29.8 Å². The van der Waals surface area contributed by atoms with Gasteiger partial charge in [0.1, 0.15) is 0 Å². The molecule has 134 valence electrons. The van der Waals surface area contributed by atoms with Crippen molar-refractivity contribution in [3.63, 3.8) is 0 Å². The first kappa shape index (κ1) is 18.2. The van der Waals surface area contributed by atoms with Crippen LogP contribution in [0.5, 0.6) is 0 Å². The molecule has 1 aromatic carbocycles. The molecule has 4 rings (SSSR count). The Kier molecular flexibility index (Phi) is 5.37. The standard InChI is InChI=1S/C18H20ClN3O2.ClH/c19-14-4-2-1-3-13(14)16-11-15(21-24-16)17(23)22-9-6-18(7-10-22)5-8-20-12-18;/h1-4,11,20H,5-10,12H2;1H. The first-order chi connectivity index (χ1) is 11.7. The quantitative estimate of drug-likeness (QED) is 0.862. The molecule has 0 unspecified atom stereocenters. The summed E-state index contributed by atoms with van der Waals surface area (Å²) in [5.74, 6) is 0.468. The second kappa shape index (κ2) is 7.36. The van der Waals surface area contributed by atoms with Gasteiger partial charge < -0.3 is 14.7 Å². The third-order valence-electron chi connectivity index (χ3n) is 5.31. The lowest BCUT2D eigenvalue weighted by atomic mass is 9.78. The van der Waals surface area contributed by atoms with Crippen LogP contribution in [0.3, 0.4) is 0 Å². The molecule has 2 aromatic rings. The number of benzene rings is 1. The van der Waals surface area contributed by atoms with E-state index in [2.05, 4.69) is 10.5 Å². The number of hydrogen-bond donors (Lipinski definition) is 1. The van der Waals surface area contributed by atoms with Gasteiger partial charge in [-0.25, -0.2) is 0 Å². The number of rotatable bonds is 2. The molecule has 7 heteroatoms. The zero-order chi connectivity index (χ0) is 16.6. The van der Waals surface area contributed by atoms with E-state index in [1.807, 2.05) is 23.1 Å². The topological polar surface area (TPSA) is 58.4 Å². The summed E-state index contributed by atoms with van der Waals surface area (Å²) in [6.07, 6.45) is 3.33. The van der Waals surface area contributed by atoms with E-state index < -0.39 is 0 Å². The van der Waals surface area contributed by atoms with Crippen molar-refractivity contribution >= 4 is 29.9 Å². The van der Waals surface area contributed by atoms with Crippen molar-refractivity contribution in [2.45, 2.75) is 19.3 Å². The molecule has 2 saturated heterocycles. The summed E-state index contributed by atoms with van der Waals surface area (Å²) in [4.78, 5) is 14.6. The summed E-state index contributed by atoms with van der Waals surface area (Å²) in [6, 6.07) is 9.07. The molecule has 1 aromatic heterocycles. The van der Waals surface area contributed by atoms with Gasteiger partial charge >= 0.3 is 0 Å². The highest BCUT2D eigenvalue weighted by Crippen LogP contribution is 2.37. The predicted octanol–water partition coefficient (Wildman–Crippen LogP) is 3.63. The number of piperidine rings is 1. The molecule has 0 saturated carbocycles. The van der Waals surface area contributed by atoms with Crippen LogP contribution >= 0.6 is 24.0 Å². The van der Waals surface area contributed by atoms with E-state index in [9.17, 15) is 4.79 Å². The summed E-state index contributed by atoms with van der Waals surface area (Å²) >= 11 is 6.18. The Hall–Kier alpha value is -1.56. The Morgan fingerprint density at radius 3 is 2.68 bits per heavy atom. The smallest absolute Gasteiger partial charge is 0.276 e. The molecule has 0 bridgehead atoms. The van der Waals surface area contributed by atoms with Crippen molar-refractivity contribution in [2.75, 3.05) is 26.2 Å². The van der Waals surface area contributed by atoms with E-state index in [1.54, 1.807) is 12.1 Å². The number of nitrogens with one attached hydrogen (secondary N) is 1. The number of carbonyl (C=O) groups excluding carboxylic acids is 1. The van der Waals surface area contributed by atoms with Crippen LogP contribution in [-0.4, -0.2) is 42.1 Å². The predicted molar refractivity (Wildman–Crippen MR) is 99.3 cm³/mol. The highest BCUT2D eigenvalue weighted by molar-refractivity contribution is 6.33. The summed E-state index contributed by atoms with van der Waals surface area (Å²) < 4.78 is 5.34. The first-order valence-corrected chi connectivity index (χ1v) is 8.76. The minimum atomic E-state index is -0.0575. The van der Waals surface area contributed by atoms with Gasteiger partial charge in [-0.1, -0.05) is 28.9 Å². The third-order valence-corrected chi connectivity index (χ3v) is 5.64. The Balaban J connectivity index is 0.00000182. The molecule has 0 radical (unpaired) electrons. The molecule has 5 nitrogen and oxygen atoms in total. The average Bonchev–Trinajstić information content (AvgIpc) is 3.26. The average molecular weight is 382 g/mol. The Morgan fingerprint density at radius 1 is 1.24 bits per heavy atom. The Bertz CT molecular complexity index is 746. The maximum Gasteiger partial charge on any atom is 0.276 e. The Morgan fingerprint density at radius 2 is 2.00 bits per heavy atom. The number of nitrogens with zero attached hydrogens (tertiary/aromatic N) is 2. The maximum absolute atomic E-state index is 12.7. The molecular weight excluding hydrogens is 361 g/mol. The minimum Gasteiger partial charge on any atom is -0.355 e. The van der Waals surface area contributed by atoms with Crippen LogP contribution in [-0.2, 0) is 0 Å². The number of amides is 1. The van der Waals surface area contributed by atoms with Gasteiger partial charge in [-0.05, 0) is 43.4 Å². The van der Waals surface area contributed by atoms with E-state index in [0.29, 0.717) is 21.9 Å². The summed E-state index contributed by atoms with van der Waals surface area (Å²) in [6.45, 7) is 3.75. The fourth-order valence-electron chi connectivity index (χ4n) is 3.73. The van der Waals surface area contributed by atoms with Gasteiger partial charge in [0.05, 0.1) is 5.02 Å². The summed E-state index contributed by atoms with van der Waals surface area (Å²) in [7, 11) is 0. The third kappa shape index (κ3) is 3.54. The molecule has 1 spiro atoms. The van der Waals surface area contributed by atoms with Gasteiger partial charge in [-0.3, -0.25) is 4.79 Å². The normalized spacial score (nSPS) is 19.0.